The maximum Gasteiger partial charge on any atom is 0.0132 e. The van der Waals surface area contributed by atoms with Gasteiger partial charge in [0.15, 0.2) is 0 Å². The zero-order valence-corrected chi connectivity index (χ0v) is 31.0. The summed E-state index contributed by atoms with van der Waals surface area (Å²) in [6.45, 7) is 32.1. The van der Waals surface area contributed by atoms with E-state index in [2.05, 4.69) is 106 Å². The molecule has 3 aliphatic heterocycles. The molecule has 3 rings (SSSR count). The average Bonchev–Trinajstić information content (AvgIpc) is 2.73. The molecule has 1 atom stereocenters. The fourth-order valence-electron chi connectivity index (χ4n) is 11.4. The molecule has 0 aliphatic carbocycles. The molecule has 3 N–H and O–H groups in total. The first kappa shape index (κ1) is 36.3. The summed E-state index contributed by atoms with van der Waals surface area (Å²) in [6.07, 6.45) is 20.7. The fraction of sp³-hybridized carbons (Fsp3) is 1.00. The first-order valence-corrected chi connectivity index (χ1v) is 18.5. The van der Waals surface area contributed by atoms with Crippen LogP contribution in [0.3, 0.4) is 0 Å². The average molecular weight is 588 g/mol. The largest absolute Gasteiger partial charge is 0.307 e. The summed E-state index contributed by atoms with van der Waals surface area (Å²) in [5.41, 5.74) is 1.18. The van der Waals surface area contributed by atoms with Crippen molar-refractivity contribution in [1.29, 1.82) is 0 Å². The number of nitrogens with one attached hydrogen (secondary N) is 3. The maximum absolute atomic E-state index is 4.06. The van der Waals surface area contributed by atoms with Gasteiger partial charge in [0.1, 0.15) is 0 Å². The van der Waals surface area contributed by atoms with Gasteiger partial charge in [0, 0.05) is 33.2 Å². The second-order valence-electron chi connectivity index (χ2n) is 19.7. The summed E-state index contributed by atoms with van der Waals surface area (Å²) in [4.78, 5) is 0. The van der Waals surface area contributed by atoms with Crippen LogP contribution in [0.25, 0.3) is 0 Å². The molecular formula is C39H77N3. The molecule has 3 nitrogen and oxygen atoms in total. The molecule has 3 saturated heterocycles. The van der Waals surface area contributed by atoms with Crippen molar-refractivity contribution in [2.75, 3.05) is 0 Å². The Labute approximate surface area is 264 Å². The predicted octanol–water partition coefficient (Wildman–Crippen LogP) is 10.4. The normalized spacial score (nSPS) is 28.1. The second kappa shape index (κ2) is 13.7. The topological polar surface area (TPSA) is 36.1 Å². The van der Waals surface area contributed by atoms with Crippen LogP contribution in [0.2, 0.25) is 0 Å². The van der Waals surface area contributed by atoms with Gasteiger partial charge in [-0.15, -0.1) is 0 Å². The van der Waals surface area contributed by atoms with Gasteiger partial charge in [0.05, 0.1) is 0 Å². The van der Waals surface area contributed by atoms with Gasteiger partial charge in [-0.2, -0.15) is 0 Å². The standard InChI is InChI=1S/C39H77N3/c1-14-15-16-17-18-19-20-21-22-32(29-23-34(2,3)40-35(4,5)24-29)33(30-25-36(6,7)41-37(8,9)26-30)31-27-38(10,11)42-39(12,13)28-31/h29-33,40-42H,14-28H2,1-13H3. The van der Waals surface area contributed by atoms with E-state index in [1.54, 1.807) is 0 Å². The Morgan fingerprint density at radius 1 is 0.429 bits per heavy atom. The highest BCUT2D eigenvalue weighted by atomic mass is 15.1. The molecule has 0 aromatic carbocycles. The SMILES string of the molecule is CCCCCCCCCCC(C1CC(C)(C)NC(C)(C)C1)C(C1CC(C)(C)NC(C)(C)C1)C1CC(C)(C)NC(C)(C)C1. The number of piperidine rings is 3. The van der Waals surface area contributed by atoms with Crippen molar-refractivity contribution in [3.05, 3.63) is 0 Å². The van der Waals surface area contributed by atoms with Gasteiger partial charge in [-0.25, -0.2) is 0 Å². The molecule has 0 saturated carbocycles. The zero-order valence-electron chi connectivity index (χ0n) is 31.0. The van der Waals surface area contributed by atoms with Gasteiger partial charge in [-0.3, -0.25) is 0 Å². The summed E-state index contributed by atoms with van der Waals surface area (Å²) in [7, 11) is 0. The van der Waals surface area contributed by atoms with Gasteiger partial charge in [0.25, 0.3) is 0 Å². The van der Waals surface area contributed by atoms with E-state index in [1.807, 2.05) is 0 Å². The zero-order chi connectivity index (χ0) is 31.6. The van der Waals surface area contributed by atoms with Crippen LogP contribution in [0.4, 0.5) is 0 Å². The third-order valence-corrected chi connectivity index (χ3v) is 11.2. The lowest BCUT2D eigenvalue weighted by Crippen LogP contribution is -2.63. The van der Waals surface area contributed by atoms with Crippen LogP contribution in [0.15, 0.2) is 0 Å². The van der Waals surface area contributed by atoms with Crippen LogP contribution in [0.1, 0.15) is 186 Å². The third-order valence-electron chi connectivity index (χ3n) is 11.2. The minimum absolute atomic E-state index is 0.193. The van der Waals surface area contributed by atoms with E-state index < -0.39 is 0 Å². The summed E-state index contributed by atoms with van der Waals surface area (Å²) >= 11 is 0. The lowest BCUT2D eigenvalue weighted by Gasteiger charge is -2.58. The minimum atomic E-state index is 0.193. The second-order valence-corrected chi connectivity index (χ2v) is 19.7. The minimum Gasteiger partial charge on any atom is -0.307 e. The Hall–Kier alpha value is -0.120. The molecule has 3 heterocycles. The van der Waals surface area contributed by atoms with Crippen LogP contribution in [-0.2, 0) is 0 Å². The molecular weight excluding hydrogens is 510 g/mol. The van der Waals surface area contributed by atoms with E-state index in [0.717, 1.165) is 29.6 Å². The molecule has 0 bridgehead atoms. The number of hydrogen-bond acceptors (Lipinski definition) is 3. The Balaban J connectivity index is 1.97. The van der Waals surface area contributed by atoms with Crippen molar-refractivity contribution in [1.82, 2.24) is 16.0 Å². The molecule has 3 aliphatic rings. The van der Waals surface area contributed by atoms with Gasteiger partial charge >= 0.3 is 0 Å². The summed E-state index contributed by atoms with van der Waals surface area (Å²) in [5, 5.41) is 12.2. The first-order chi connectivity index (χ1) is 19.1. The quantitative estimate of drug-likeness (QED) is 0.188. The van der Waals surface area contributed by atoms with Crippen molar-refractivity contribution < 1.29 is 0 Å². The highest BCUT2D eigenvalue weighted by Gasteiger charge is 2.51. The Morgan fingerprint density at radius 2 is 0.714 bits per heavy atom. The molecule has 42 heavy (non-hydrogen) atoms. The van der Waals surface area contributed by atoms with E-state index in [1.165, 1.54) is 96.3 Å². The Morgan fingerprint density at radius 3 is 1.05 bits per heavy atom. The molecule has 0 aromatic rings. The molecule has 3 fully saturated rings. The van der Waals surface area contributed by atoms with E-state index in [4.69, 9.17) is 0 Å². The fourth-order valence-corrected chi connectivity index (χ4v) is 11.4. The van der Waals surface area contributed by atoms with E-state index in [0.29, 0.717) is 0 Å². The highest BCUT2D eigenvalue weighted by Crippen LogP contribution is 2.53. The van der Waals surface area contributed by atoms with Crippen LogP contribution < -0.4 is 16.0 Å². The summed E-state index contributed by atoms with van der Waals surface area (Å²) in [6, 6.07) is 0. The van der Waals surface area contributed by atoms with Gasteiger partial charge < -0.3 is 16.0 Å². The van der Waals surface area contributed by atoms with Crippen LogP contribution in [0.5, 0.6) is 0 Å². The molecule has 3 heteroatoms. The molecule has 0 radical (unpaired) electrons. The number of unbranched alkanes of at least 4 members (excludes halogenated alkanes) is 7. The van der Waals surface area contributed by atoms with Crippen LogP contribution in [0, 0.1) is 29.6 Å². The molecule has 0 amide bonds. The van der Waals surface area contributed by atoms with Crippen molar-refractivity contribution in [2.24, 2.45) is 29.6 Å². The van der Waals surface area contributed by atoms with Crippen LogP contribution in [-0.4, -0.2) is 33.2 Å². The maximum atomic E-state index is 4.06. The number of hydrogen-bond donors (Lipinski definition) is 3. The van der Waals surface area contributed by atoms with Gasteiger partial charge in [0.2, 0.25) is 0 Å². The smallest absolute Gasteiger partial charge is 0.0132 e. The first-order valence-electron chi connectivity index (χ1n) is 18.5. The van der Waals surface area contributed by atoms with E-state index >= 15 is 0 Å². The lowest BCUT2D eigenvalue weighted by atomic mass is 9.54. The number of rotatable bonds is 13. The predicted molar refractivity (Wildman–Crippen MR) is 186 cm³/mol. The monoisotopic (exact) mass is 588 g/mol. The Bertz CT molecular complexity index is 749. The lowest BCUT2D eigenvalue weighted by molar-refractivity contribution is -0.0374. The van der Waals surface area contributed by atoms with E-state index in [9.17, 15) is 0 Å². The van der Waals surface area contributed by atoms with Crippen molar-refractivity contribution in [2.45, 2.75) is 220 Å². The molecule has 248 valence electrons. The highest BCUT2D eigenvalue weighted by molar-refractivity contribution is 5.07. The van der Waals surface area contributed by atoms with Crippen LogP contribution >= 0.6 is 0 Å². The van der Waals surface area contributed by atoms with Gasteiger partial charge in [-0.05, 0) is 158 Å². The van der Waals surface area contributed by atoms with Crippen molar-refractivity contribution in [3.63, 3.8) is 0 Å². The van der Waals surface area contributed by atoms with Crippen molar-refractivity contribution >= 4 is 0 Å². The van der Waals surface area contributed by atoms with Gasteiger partial charge in [-0.1, -0.05) is 58.3 Å². The van der Waals surface area contributed by atoms with E-state index in [-0.39, 0.29) is 33.2 Å². The molecule has 0 aromatic heterocycles. The molecule has 1 unspecified atom stereocenters. The van der Waals surface area contributed by atoms with Crippen molar-refractivity contribution in [3.8, 4) is 0 Å². The Kier molecular flexibility index (Phi) is 11.9. The summed E-state index contributed by atoms with van der Waals surface area (Å²) in [5.74, 6) is 3.98. The third kappa shape index (κ3) is 11.0. The summed E-state index contributed by atoms with van der Waals surface area (Å²) < 4.78 is 0. The molecule has 0 spiro atoms.